The van der Waals surface area contributed by atoms with Gasteiger partial charge >= 0.3 is 0 Å². The van der Waals surface area contributed by atoms with Crippen molar-refractivity contribution in [3.8, 4) is 5.75 Å². The summed E-state index contributed by atoms with van der Waals surface area (Å²) in [5, 5.41) is 2.62. The van der Waals surface area contributed by atoms with E-state index in [4.69, 9.17) is 4.74 Å². The molecule has 0 bridgehead atoms. The second-order valence-electron chi connectivity index (χ2n) is 9.90. The third-order valence-electron chi connectivity index (χ3n) is 6.73. The molecule has 0 aliphatic carbocycles. The molecule has 0 spiro atoms. The predicted octanol–water partition coefficient (Wildman–Crippen LogP) is 4.11. The van der Waals surface area contributed by atoms with E-state index in [1.165, 1.54) is 38.6 Å². The van der Waals surface area contributed by atoms with Gasteiger partial charge in [-0.15, -0.1) is 0 Å². The number of fused-ring (bicyclic) bond motifs is 3. The van der Waals surface area contributed by atoms with Gasteiger partial charge in [-0.05, 0) is 36.5 Å². The number of ether oxygens (including phenoxy) is 1. The summed E-state index contributed by atoms with van der Waals surface area (Å²) < 4.78 is 11.1. The van der Waals surface area contributed by atoms with E-state index in [9.17, 15) is 0 Å². The lowest BCUT2D eigenvalue weighted by Crippen LogP contribution is -3.00. The lowest BCUT2D eigenvalue weighted by molar-refractivity contribution is -0.693. The highest BCUT2D eigenvalue weighted by atomic mass is 79.9. The summed E-state index contributed by atoms with van der Waals surface area (Å²) in [4.78, 5) is 0. The summed E-state index contributed by atoms with van der Waals surface area (Å²) in [6, 6.07) is 30.2. The first kappa shape index (κ1) is 26.0. The lowest BCUT2D eigenvalue weighted by Gasteiger charge is -2.12. The number of halogens is 1. The first-order chi connectivity index (χ1) is 17.1. The van der Waals surface area contributed by atoms with Gasteiger partial charge in [0.05, 0.1) is 12.1 Å². The quantitative estimate of drug-likeness (QED) is 0.202. The summed E-state index contributed by atoms with van der Waals surface area (Å²) in [5.74, 6) is 1.50. The Labute approximate surface area is 225 Å². The Balaban J connectivity index is 0.00000304. The molecule has 0 saturated heterocycles. The van der Waals surface area contributed by atoms with Gasteiger partial charge in [0.1, 0.15) is 11.3 Å². The van der Waals surface area contributed by atoms with E-state index in [-0.39, 0.29) is 17.0 Å². The summed E-state index contributed by atoms with van der Waals surface area (Å²) in [7, 11) is 0. The van der Waals surface area contributed by atoms with Crippen LogP contribution in [-0.2, 0) is 19.5 Å². The Morgan fingerprint density at radius 1 is 0.833 bits per heavy atom. The molecular weight excluding hydrogens is 508 g/mol. The van der Waals surface area contributed by atoms with Gasteiger partial charge in [-0.3, -0.25) is 0 Å². The van der Waals surface area contributed by atoms with Crippen LogP contribution >= 0.6 is 0 Å². The number of rotatable bonds is 9. The maximum absolute atomic E-state index is 6.21. The molecule has 36 heavy (non-hydrogen) atoms. The molecule has 5 rings (SSSR count). The average molecular weight is 544 g/mol. The minimum Gasteiger partial charge on any atom is -1.00 e. The molecule has 0 aliphatic heterocycles. The van der Waals surface area contributed by atoms with E-state index < -0.39 is 0 Å². The van der Waals surface area contributed by atoms with Crippen molar-refractivity contribution >= 4 is 21.8 Å². The number of pyridine rings is 1. The second-order valence-corrected chi connectivity index (χ2v) is 9.90. The Hall–Kier alpha value is -3.11. The third kappa shape index (κ3) is 5.65. The first-order valence-electron chi connectivity index (χ1n) is 12.8. The normalized spacial score (nSPS) is 11.2. The fourth-order valence-corrected chi connectivity index (χ4v) is 5.03. The number of hydrogen-bond donors (Lipinski definition) is 0. The number of nitrogens with zero attached hydrogens (tertiary/aromatic N) is 2. The van der Waals surface area contributed by atoms with E-state index in [2.05, 4.69) is 121 Å². The predicted molar refractivity (Wildman–Crippen MR) is 145 cm³/mol. The summed E-state index contributed by atoms with van der Waals surface area (Å²) in [6.07, 6.45) is 4.28. The summed E-state index contributed by atoms with van der Waals surface area (Å²) in [6.45, 7) is 9.41. The maximum atomic E-state index is 6.21. The second kappa shape index (κ2) is 11.7. The van der Waals surface area contributed by atoms with Gasteiger partial charge in [0.25, 0.3) is 0 Å². The minimum absolute atomic E-state index is 0. The van der Waals surface area contributed by atoms with Crippen molar-refractivity contribution in [3.05, 3.63) is 108 Å². The Morgan fingerprint density at radius 2 is 1.53 bits per heavy atom. The monoisotopic (exact) mass is 542 g/mol. The molecule has 0 amide bonds. The van der Waals surface area contributed by atoms with Crippen LogP contribution in [0.2, 0.25) is 0 Å². The molecule has 3 nitrogen and oxygen atoms in total. The van der Waals surface area contributed by atoms with Crippen LogP contribution in [0.1, 0.15) is 37.1 Å². The van der Waals surface area contributed by atoms with Crippen LogP contribution in [0, 0.1) is 12.8 Å². The van der Waals surface area contributed by atoms with Crippen molar-refractivity contribution in [1.29, 1.82) is 0 Å². The van der Waals surface area contributed by atoms with Crippen molar-refractivity contribution < 1.29 is 26.3 Å². The van der Waals surface area contributed by atoms with E-state index in [0.717, 1.165) is 38.3 Å². The Kier molecular flexibility index (Phi) is 8.48. The van der Waals surface area contributed by atoms with Crippen molar-refractivity contribution in [3.63, 3.8) is 0 Å². The summed E-state index contributed by atoms with van der Waals surface area (Å²) >= 11 is 0. The highest BCUT2D eigenvalue weighted by Gasteiger charge is 2.20. The molecule has 186 valence electrons. The van der Waals surface area contributed by atoms with Crippen molar-refractivity contribution in [2.45, 2.75) is 46.7 Å². The topological polar surface area (TPSA) is 18.0 Å². The number of aryl methyl sites for hydroxylation is 2. The van der Waals surface area contributed by atoms with Crippen molar-refractivity contribution in [1.82, 2.24) is 4.57 Å². The molecule has 5 aromatic rings. The smallest absolute Gasteiger partial charge is 0.203 e. The zero-order valence-corrected chi connectivity index (χ0v) is 23.0. The van der Waals surface area contributed by atoms with Gasteiger partial charge in [-0.2, -0.15) is 4.57 Å². The van der Waals surface area contributed by atoms with Crippen molar-refractivity contribution in [2.24, 2.45) is 5.92 Å². The van der Waals surface area contributed by atoms with Crippen LogP contribution in [0.25, 0.3) is 21.8 Å². The molecule has 0 saturated carbocycles. The van der Waals surface area contributed by atoms with E-state index in [0.29, 0.717) is 5.92 Å². The highest BCUT2D eigenvalue weighted by Crippen LogP contribution is 2.33. The standard InChI is InChI=1S/C32H35N2O.BrH/c1-24(2)22-34-31-21-28(35-20-10-15-26-11-6-4-7-12-26)16-17-29(31)30-18-19-33(25(3)32(30)34)23-27-13-8-5-9-14-27;/h4-9,11-14,16-19,21,24H,10,15,20,22-23H2,1-3H3;1H/q+1;/p-1. The van der Waals surface area contributed by atoms with Crippen LogP contribution < -0.4 is 26.3 Å². The largest absolute Gasteiger partial charge is 1.00 e. The molecule has 0 unspecified atom stereocenters. The number of benzene rings is 3. The Morgan fingerprint density at radius 3 is 2.22 bits per heavy atom. The van der Waals surface area contributed by atoms with Crippen molar-refractivity contribution in [2.75, 3.05) is 6.61 Å². The van der Waals surface area contributed by atoms with Crippen LogP contribution in [0.5, 0.6) is 5.75 Å². The minimum atomic E-state index is 0. The molecule has 0 N–H and O–H groups in total. The zero-order valence-electron chi connectivity index (χ0n) is 21.5. The molecule has 0 fully saturated rings. The van der Waals surface area contributed by atoms with Gasteiger partial charge in [-0.25, -0.2) is 0 Å². The van der Waals surface area contributed by atoms with Crippen LogP contribution in [0.15, 0.2) is 91.1 Å². The van der Waals surface area contributed by atoms with Gasteiger partial charge in [-0.1, -0.05) is 74.5 Å². The van der Waals surface area contributed by atoms with E-state index in [1.54, 1.807) is 0 Å². The fraction of sp³-hybridized carbons (Fsp3) is 0.281. The third-order valence-corrected chi connectivity index (χ3v) is 6.73. The molecule has 3 aromatic carbocycles. The molecular formula is C32H35BrN2O. The number of hydrogen-bond acceptors (Lipinski definition) is 1. The van der Waals surface area contributed by atoms with Crippen LogP contribution in [-0.4, -0.2) is 11.2 Å². The molecule has 0 radical (unpaired) electrons. The fourth-order valence-electron chi connectivity index (χ4n) is 5.03. The summed E-state index contributed by atoms with van der Waals surface area (Å²) in [5.41, 5.74) is 6.57. The maximum Gasteiger partial charge on any atom is 0.203 e. The molecule has 4 heteroatoms. The van der Waals surface area contributed by atoms with E-state index >= 15 is 0 Å². The van der Waals surface area contributed by atoms with Crippen LogP contribution in [0.4, 0.5) is 0 Å². The SMILES string of the molecule is Cc1c2c(cc[n+]1Cc1ccccc1)c1ccc(OCCCc3ccccc3)cc1n2CC(C)C.[Br-]. The molecule has 2 heterocycles. The highest BCUT2D eigenvalue weighted by molar-refractivity contribution is 6.08. The molecule has 0 aliphatic rings. The lowest BCUT2D eigenvalue weighted by atomic mass is 10.1. The first-order valence-corrected chi connectivity index (χ1v) is 12.8. The Bertz CT molecular complexity index is 1430. The molecule has 2 aromatic heterocycles. The van der Waals surface area contributed by atoms with Gasteiger partial charge in [0.15, 0.2) is 12.7 Å². The molecule has 0 atom stereocenters. The average Bonchev–Trinajstić information content (AvgIpc) is 3.18. The zero-order chi connectivity index (χ0) is 24.2. The van der Waals surface area contributed by atoms with Gasteiger partial charge in [0, 0.05) is 41.9 Å². The van der Waals surface area contributed by atoms with Crippen LogP contribution in [0.3, 0.4) is 0 Å². The van der Waals surface area contributed by atoms with Gasteiger partial charge < -0.3 is 26.3 Å². The van der Waals surface area contributed by atoms with Gasteiger partial charge in [0.2, 0.25) is 5.69 Å². The van der Waals surface area contributed by atoms with E-state index in [1.807, 2.05) is 0 Å². The number of aromatic nitrogens is 2.